The van der Waals surface area contributed by atoms with E-state index in [1.807, 2.05) is 24.3 Å². The molecular weight excluding hydrogens is 412 g/mol. The van der Waals surface area contributed by atoms with Crippen LogP contribution < -0.4 is 5.32 Å². The van der Waals surface area contributed by atoms with Gasteiger partial charge in [-0.25, -0.2) is 14.6 Å². The highest BCUT2D eigenvalue weighted by molar-refractivity contribution is 7.10. The Hall–Kier alpha value is -3.63. The molecule has 0 unspecified atom stereocenters. The normalized spacial score (nSPS) is 11.6. The van der Waals surface area contributed by atoms with Crippen molar-refractivity contribution < 1.29 is 19.1 Å². The van der Waals surface area contributed by atoms with Gasteiger partial charge in [-0.3, -0.25) is 0 Å². The van der Waals surface area contributed by atoms with E-state index in [2.05, 4.69) is 46.4 Å². The van der Waals surface area contributed by atoms with Gasteiger partial charge >= 0.3 is 12.1 Å². The lowest BCUT2D eigenvalue weighted by Crippen LogP contribution is -2.26. The van der Waals surface area contributed by atoms with Crippen molar-refractivity contribution in [2.75, 3.05) is 19.8 Å². The summed E-state index contributed by atoms with van der Waals surface area (Å²) < 4.78 is 10.4. The number of alkyl carbamates (subject to hydrolysis) is 1. The van der Waals surface area contributed by atoms with E-state index in [-0.39, 0.29) is 24.8 Å². The number of rotatable bonds is 5. The first kappa shape index (κ1) is 20.6. The van der Waals surface area contributed by atoms with Gasteiger partial charge in [-0.1, -0.05) is 54.5 Å². The molecule has 0 bridgehead atoms. The molecule has 0 aliphatic heterocycles. The Morgan fingerprint density at radius 3 is 2.42 bits per heavy atom. The number of aromatic nitrogens is 1. The predicted molar refractivity (Wildman–Crippen MR) is 118 cm³/mol. The molecule has 0 saturated heterocycles. The highest BCUT2D eigenvalue weighted by Crippen LogP contribution is 2.44. The van der Waals surface area contributed by atoms with E-state index in [0.29, 0.717) is 11.6 Å². The Kier molecular flexibility index (Phi) is 6.29. The smallest absolute Gasteiger partial charge is 0.407 e. The fraction of sp³-hybridized carbons (Fsp3) is 0.208. The largest absolute Gasteiger partial charge is 0.461 e. The van der Waals surface area contributed by atoms with Gasteiger partial charge in [0, 0.05) is 11.3 Å². The quantitative estimate of drug-likeness (QED) is 0.483. The van der Waals surface area contributed by atoms with Gasteiger partial charge in [-0.05, 0) is 35.1 Å². The molecule has 0 saturated carbocycles. The first-order valence-electron chi connectivity index (χ1n) is 9.87. The molecule has 0 atom stereocenters. The van der Waals surface area contributed by atoms with E-state index in [1.165, 1.54) is 22.5 Å². The number of carbonyl (C=O) groups excluding carboxylic acids is 2. The van der Waals surface area contributed by atoms with Crippen LogP contribution in [-0.4, -0.2) is 36.8 Å². The maximum absolute atomic E-state index is 12.1. The fourth-order valence-corrected chi connectivity index (χ4v) is 4.17. The van der Waals surface area contributed by atoms with Crippen molar-refractivity contribution in [3.63, 3.8) is 0 Å². The standard InChI is InChI=1S/C24H20N2O4S/c1-2-29-23(27)21-15-31-22(26-21)12-7-13-25-24(28)30-14-20-18-10-5-3-8-16(18)17-9-4-6-11-19(17)20/h3-6,8-11,15,20H,2,13-14H2,1H3,(H,25,28). The van der Waals surface area contributed by atoms with Gasteiger partial charge in [-0.15, -0.1) is 11.3 Å². The van der Waals surface area contributed by atoms with Crippen molar-refractivity contribution in [2.24, 2.45) is 0 Å². The van der Waals surface area contributed by atoms with Crippen molar-refractivity contribution in [1.82, 2.24) is 10.3 Å². The Labute approximate surface area is 184 Å². The number of hydrogen-bond acceptors (Lipinski definition) is 6. The van der Waals surface area contributed by atoms with Crippen LogP contribution in [0.25, 0.3) is 11.1 Å². The minimum atomic E-state index is -0.525. The number of hydrogen-bond donors (Lipinski definition) is 1. The van der Waals surface area contributed by atoms with Crippen LogP contribution in [0.2, 0.25) is 0 Å². The summed E-state index contributed by atoms with van der Waals surface area (Å²) in [6.07, 6.45) is -0.525. The van der Waals surface area contributed by atoms with E-state index in [1.54, 1.807) is 12.3 Å². The minimum Gasteiger partial charge on any atom is -0.461 e. The highest BCUT2D eigenvalue weighted by atomic mass is 32.1. The number of amides is 1. The lowest BCUT2D eigenvalue weighted by Gasteiger charge is -2.14. The summed E-state index contributed by atoms with van der Waals surface area (Å²) in [7, 11) is 0. The topological polar surface area (TPSA) is 77.5 Å². The zero-order chi connectivity index (χ0) is 21.6. The maximum atomic E-state index is 12.1. The average molecular weight is 433 g/mol. The monoisotopic (exact) mass is 432 g/mol. The number of ether oxygens (including phenoxy) is 2. The first-order valence-corrected chi connectivity index (χ1v) is 10.8. The minimum absolute atomic E-state index is 0.0147. The third kappa shape index (κ3) is 4.60. The zero-order valence-corrected chi connectivity index (χ0v) is 17.7. The van der Waals surface area contributed by atoms with Crippen LogP contribution in [0.1, 0.15) is 39.5 Å². The Balaban J connectivity index is 1.30. The van der Waals surface area contributed by atoms with Gasteiger partial charge < -0.3 is 14.8 Å². The molecule has 1 aliphatic carbocycles. The van der Waals surface area contributed by atoms with E-state index < -0.39 is 12.1 Å². The predicted octanol–water partition coefficient (Wildman–Crippen LogP) is 4.21. The van der Waals surface area contributed by atoms with Crippen LogP contribution in [0, 0.1) is 11.8 Å². The average Bonchev–Trinajstić information content (AvgIpc) is 3.39. The molecule has 2 aromatic carbocycles. The molecule has 4 rings (SSSR count). The van der Waals surface area contributed by atoms with Crippen LogP contribution in [0.4, 0.5) is 4.79 Å². The first-order chi connectivity index (χ1) is 15.2. The number of nitrogens with zero attached hydrogens (tertiary/aromatic N) is 1. The Morgan fingerprint density at radius 1 is 1.06 bits per heavy atom. The molecule has 1 heterocycles. The molecular formula is C24H20N2O4S. The summed E-state index contributed by atoms with van der Waals surface area (Å²) in [4.78, 5) is 27.8. The molecule has 0 radical (unpaired) electrons. The summed E-state index contributed by atoms with van der Waals surface area (Å²) in [5.41, 5.74) is 4.93. The van der Waals surface area contributed by atoms with E-state index in [9.17, 15) is 9.59 Å². The van der Waals surface area contributed by atoms with Crippen LogP contribution >= 0.6 is 11.3 Å². The van der Waals surface area contributed by atoms with Crippen molar-refractivity contribution >= 4 is 23.4 Å². The number of fused-ring (bicyclic) bond motifs is 3. The molecule has 1 N–H and O–H groups in total. The molecule has 7 heteroatoms. The molecule has 1 aromatic heterocycles. The molecule has 6 nitrogen and oxygen atoms in total. The SMILES string of the molecule is CCOC(=O)c1csc(C#CCNC(=O)OCC2c3ccccc3-c3ccccc32)n1. The molecule has 1 aliphatic rings. The number of nitrogens with one attached hydrogen (secondary N) is 1. The number of benzene rings is 2. The van der Waals surface area contributed by atoms with Crippen LogP contribution in [-0.2, 0) is 9.47 Å². The molecule has 3 aromatic rings. The summed E-state index contributed by atoms with van der Waals surface area (Å²) >= 11 is 1.25. The zero-order valence-electron chi connectivity index (χ0n) is 16.9. The second-order valence-electron chi connectivity index (χ2n) is 6.74. The molecule has 156 valence electrons. The molecule has 0 spiro atoms. The van der Waals surface area contributed by atoms with Crippen LogP contribution in [0.15, 0.2) is 53.9 Å². The summed E-state index contributed by atoms with van der Waals surface area (Å²) in [5, 5.41) is 4.71. The van der Waals surface area contributed by atoms with Crippen molar-refractivity contribution in [3.05, 3.63) is 75.7 Å². The van der Waals surface area contributed by atoms with E-state index in [4.69, 9.17) is 9.47 Å². The number of carbonyl (C=O) groups is 2. The second-order valence-corrected chi connectivity index (χ2v) is 7.60. The number of thiazole rings is 1. The summed E-state index contributed by atoms with van der Waals surface area (Å²) in [6, 6.07) is 16.4. The Morgan fingerprint density at radius 2 is 1.74 bits per heavy atom. The fourth-order valence-electron chi connectivity index (χ4n) is 3.52. The van der Waals surface area contributed by atoms with Crippen molar-refractivity contribution in [3.8, 4) is 23.0 Å². The lowest BCUT2D eigenvalue weighted by molar-refractivity contribution is 0.0520. The summed E-state index contributed by atoms with van der Waals surface area (Å²) in [5.74, 6) is 5.18. The van der Waals surface area contributed by atoms with Gasteiger partial charge in [0.25, 0.3) is 0 Å². The van der Waals surface area contributed by atoms with Gasteiger partial charge in [0.05, 0.1) is 13.2 Å². The van der Waals surface area contributed by atoms with Crippen LogP contribution in [0.3, 0.4) is 0 Å². The van der Waals surface area contributed by atoms with Gasteiger partial charge in [0.1, 0.15) is 6.61 Å². The highest BCUT2D eigenvalue weighted by Gasteiger charge is 2.28. The maximum Gasteiger partial charge on any atom is 0.407 e. The third-order valence-corrected chi connectivity index (χ3v) is 5.61. The summed E-state index contributed by atoms with van der Waals surface area (Å²) in [6.45, 7) is 2.40. The van der Waals surface area contributed by atoms with Gasteiger partial charge in [0.15, 0.2) is 10.7 Å². The van der Waals surface area contributed by atoms with E-state index >= 15 is 0 Å². The van der Waals surface area contributed by atoms with Gasteiger partial charge in [-0.2, -0.15) is 0 Å². The third-order valence-electron chi connectivity index (χ3n) is 4.85. The molecule has 1 amide bonds. The van der Waals surface area contributed by atoms with Gasteiger partial charge in [0.2, 0.25) is 0 Å². The van der Waals surface area contributed by atoms with Crippen molar-refractivity contribution in [1.29, 1.82) is 0 Å². The molecule has 0 fully saturated rings. The van der Waals surface area contributed by atoms with Crippen LogP contribution in [0.5, 0.6) is 0 Å². The molecule has 31 heavy (non-hydrogen) atoms. The number of esters is 1. The Bertz CT molecular complexity index is 1130. The van der Waals surface area contributed by atoms with E-state index in [0.717, 1.165) is 11.1 Å². The van der Waals surface area contributed by atoms with Crippen molar-refractivity contribution in [2.45, 2.75) is 12.8 Å². The lowest BCUT2D eigenvalue weighted by atomic mass is 9.98. The second kappa shape index (κ2) is 9.45.